The maximum absolute atomic E-state index is 11.9. The highest BCUT2D eigenvalue weighted by Gasteiger charge is 2.06. The molecule has 0 spiro atoms. The molecule has 0 saturated carbocycles. The van der Waals surface area contributed by atoms with E-state index in [0.717, 1.165) is 24.4 Å². The molecule has 0 aliphatic carbocycles. The second kappa shape index (κ2) is 9.57. The number of ether oxygens (including phenoxy) is 1. The molecule has 24 heavy (non-hydrogen) atoms. The summed E-state index contributed by atoms with van der Waals surface area (Å²) in [4.78, 5) is 14.0. The molecule has 0 radical (unpaired) electrons. The van der Waals surface area contributed by atoms with Crippen molar-refractivity contribution in [3.63, 3.8) is 0 Å². The third kappa shape index (κ3) is 6.30. The van der Waals surface area contributed by atoms with Crippen LogP contribution in [0.5, 0.6) is 11.5 Å². The number of nitrogens with one attached hydrogen (secondary N) is 2. The van der Waals surface area contributed by atoms with E-state index in [-0.39, 0.29) is 12.5 Å². The Labute approximate surface area is 143 Å². The minimum Gasteiger partial charge on any atom is -0.455 e. The summed E-state index contributed by atoms with van der Waals surface area (Å²) in [7, 11) is 4.04. The average molecular weight is 327 g/mol. The molecule has 0 unspecified atom stereocenters. The number of amides is 1. The highest BCUT2D eigenvalue weighted by atomic mass is 16.5. The van der Waals surface area contributed by atoms with Gasteiger partial charge in [-0.3, -0.25) is 4.79 Å². The molecule has 1 amide bonds. The maximum Gasteiger partial charge on any atom is 0.239 e. The minimum absolute atomic E-state index is 0.0247. The molecular formula is C19H25N3O2. The summed E-state index contributed by atoms with van der Waals surface area (Å²) in [5, 5.41) is 6.04. The van der Waals surface area contributed by atoms with Crippen LogP contribution in [0.2, 0.25) is 0 Å². The summed E-state index contributed by atoms with van der Waals surface area (Å²) in [6.45, 7) is 1.86. The van der Waals surface area contributed by atoms with Crippen LogP contribution in [0.1, 0.15) is 6.42 Å². The molecule has 2 aromatic carbocycles. The Morgan fingerprint density at radius 2 is 1.75 bits per heavy atom. The quantitative estimate of drug-likeness (QED) is 0.695. The van der Waals surface area contributed by atoms with Crippen molar-refractivity contribution in [3.05, 3.63) is 54.6 Å². The molecule has 2 N–H and O–H groups in total. The van der Waals surface area contributed by atoms with Gasteiger partial charge in [0.05, 0.1) is 12.2 Å². The maximum atomic E-state index is 11.9. The lowest BCUT2D eigenvalue weighted by molar-refractivity contribution is -0.119. The second-order valence-electron chi connectivity index (χ2n) is 5.77. The average Bonchev–Trinajstić information content (AvgIpc) is 2.59. The zero-order valence-corrected chi connectivity index (χ0v) is 14.3. The Kier molecular flexibility index (Phi) is 7.11. The zero-order chi connectivity index (χ0) is 17.2. The molecule has 0 saturated heterocycles. The highest BCUT2D eigenvalue weighted by Crippen LogP contribution is 2.28. The second-order valence-corrected chi connectivity index (χ2v) is 5.77. The fourth-order valence-corrected chi connectivity index (χ4v) is 2.18. The number of carbonyl (C=O) groups is 1. The van der Waals surface area contributed by atoms with Crippen LogP contribution in [0.15, 0.2) is 54.6 Å². The van der Waals surface area contributed by atoms with Gasteiger partial charge in [0.25, 0.3) is 0 Å². The summed E-state index contributed by atoms with van der Waals surface area (Å²) < 4.78 is 5.87. The van der Waals surface area contributed by atoms with Crippen LogP contribution in [0.3, 0.4) is 0 Å². The minimum atomic E-state index is -0.0247. The Hall–Kier alpha value is -2.53. The Balaban J connectivity index is 1.83. The van der Waals surface area contributed by atoms with Crippen LogP contribution in [0.4, 0.5) is 5.69 Å². The standard InChI is InChI=1S/C19H25N3O2/c1-22(2)14-8-13-20-19(23)15-21-17-11-6-7-12-18(17)24-16-9-4-3-5-10-16/h3-7,9-12,21H,8,13-15H2,1-2H3,(H,20,23). The third-order valence-electron chi connectivity index (χ3n) is 3.40. The molecule has 0 aromatic heterocycles. The fraction of sp³-hybridized carbons (Fsp3) is 0.316. The summed E-state index contributed by atoms with van der Waals surface area (Å²) in [6, 6.07) is 17.2. The van der Waals surface area contributed by atoms with E-state index < -0.39 is 0 Å². The van der Waals surface area contributed by atoms with Gasteiger partial charge in [0, 0.05) is 6.54 Å². The van der Waals surface area contributed by atoms with Gasteiger partial charge in [-0.15, -0.1) is 0 Å². The monoisotopic (exact) mass is 327 g/mol. The van der Waals surface area contributed by atoms with Crippen molar-refractivity contribution in [2.45, 2.75) is 6.42 Å². The topological polar surface area (TPSA) is 53.6 Å². The fourth-order valence-electron chi connectivity index (χ4n) is 2.18. The third-order valence-corrected chi connectivity index (χ3v) is 3.40. The van der Waals surface area contributed by atoms with Gasteiger partial charge in [0.2, 0.25) is 5.91 Å². The van der Waals surface area contributed by atoms with Crippen LogP contribution in [-0.2, 0) is 4.79 Å². The SMILES string of the molecule is CN(C)CCCNC(=O)CNc1ccccc1Oc1ccccc1. The summed E-state index contributed by atoms with van der Waals surface area (Å²) in [5.41, 5.74) is 0.796. The number of rotatable bonds is 9. The van der Waals surface area contributed by atoms with Crippen molar-refractivity contribution >= 4 is 11.6 Å². The van der Waals surface area contributed by atoms with Crippen molar-refractivity contribution in [3.8, 4) is 11.5 Å². The number of benzene rings is 2. The van der Waals surface area contributed by atoms with Gasteiger partial charge in [-0.2, -0.15) is 0 Å². The van der Waals surface area contributed by atoms with Crippen molar-refractivity contribution in [1.82, 2.24) is 10.2 Å². The summed E-state index contributed by atoms with van der Waals surface area (Å²) >= 11 is 0. The normalized spacial score (nSPS) is 10.5. The first-order valence-corrected chi connectivity index (χ1v) is 8.12. The van der Waals surface area contributed by atoms with E-state index in [4.69, 9.17) is 4.74 Å². The van der Waals surface area contributed by atoms with Crippen LogP contribution >= 0.6 is 0 Å². The van der Waals surface area contributed by atoms with Gasteiger partial charge < -0.3 is 20.3 Å². The molecule has 5 heteroatoms. The highest BCUT2D eigenvalue weighted by molar-refractivity contribution is 5.81. The smallest absolute Gasteiger partial charge is 0.239 e. The number of para-hydroxylation sites is 3. The van der Waals surface area contributed by atoms with Crippen molar-refractivity contribution < 1.29 is 9.53 Å². The van der Waals surface area contributed by atoms with Crippen molar-refractivity contribution in [2.75, 3.05) is 39.0 Å². The first kappa shape index (κ1) is 17.8. The van der Waals surface area contributed by atoms with Gasteiger partial charge in [-0.1, -0.05) is 30.3 Å². The van der Waals surface area contributed by atoms with Crippen LogP contribution < -0.4 is 15.4 Å². The van der Waals surface area contributed by atoms with E-state index in [1.807, 2.05) is 68.7 Å². The lowest BCUT2D eigenvalue weighted by Gasteiger charge is -2.13. The molecular weight excluding hydrogens is 302 g/mol. The molecule has 0 bridgehead atoms. The van der Waals surface area contributed by atoms with Gasteiger partial charge in [0.15, 0.2) is 5.75 Å². The Bertz CT molecular complexity index is 630. The van der Waals surface area contributed by atoms with Gasteiger partial charge in [-0.25, -0.2) is 0 Å². The molecule has 5 nitrogen and oxygen atoms in total. The van der Waals surface area contributed by atoms with Gasteiger partial charge >= 0.3 is 0 Å². The van der Waals surface area contributed by atoms with E-state index in [9.17, 15) is 4.79 Å². The van der Waals surface area contributed by atoms with E-state index in [2.05, 4.69) is 15.5 Å². The predicted octanol–water partition coefficient (Wildman–Crippen LogP) is 2.96. The number of anilines is 1. The van der Waals surface area contributed by atoms with Crippen LogP contribution in [0, 0.1) is 0 Å². The first-order valence-electron chi connectivity index (χ1n) is 8.12. The number of nitrogens with zero attached hydrogens (tertiary/aromatic N) is 1. The largest absolute Gasteiger partial charge is 0.455 e. The summed E-state index contributed by atoms with van der Waals surface area (Å²) in [6.07, 6.45) is 0.937. The van der Waals surface area contributed by atoms with E-state index in [0.29, 0.717) is 12.3 Å². The molecule has 2 rings (SSSR count). The van der Waals surface area contributed by atoms with Gasteiger partial charge in [0.1, 0.15) is 5.75 Å². The van der Waals surface area contributed by atoms with E-state index in [1.54, 1.807) is 0 Å². The molecule has 0 fully saturated rings. The molecule has 2 aromatic rings. The first-order chi connectivity index (χ1) is 11.6. The number of carbonyl (C=O) groups excluding carboxylic acids is 1. The van der Waals surface area contributed by atoms with E-state index in [1.165, 1.54) is 0 Å². The summed E-state index contributed by atoms with van der Waals surface area (Å²) in [5.74, 6) is 1.44. The molecule has 0 heterocycles. The molecule has 128 valence electrons. The van der Waals surface area contributed by atoms with Crippen molar-refractivity contribution in [1.29, 1.82) is 0 Å². The number of hydrogen-bond donors (Lipinski definition) is 2. The van der Waals surface area contributed by atoms with Crippen LogP contribution in [0.25, 0.3) is 0 Å². The molecule has 0 aliphatic rings. The molecule has 0 atom stereocenters. The van der Waals surface area contributed by atoms with Crippen molar-refractivity contribution in [2.24, 2.45) is 0 Å². The van der Waals surface area contributed by atoms with Gasteiger partial charge in [-0.05, 0) is 51.3 Å². The molecule has 0 aliphatic heterocycles. The predicted molar refractivity (Wildman–Crippen MR) is 97.6 cm³/mol. The number of hydrogen-bond acceptors (Lipinski definition) is 4. The zero-order valence-electron chi connectivity index (χ0n) is 14.3. The lowest BCUT2D eigenvalue weighted by atomic mass is 10.3. The Morgan fingerprint density at radius 1 is 1.04 bits per heavy atom. The van der Waals surface area contributed by atoms with Crippen LogP contribution in [-0.4, -0.2) is 44.5 Å². The van der Waals surface area contributed by atoms with E-state index >= 15 is 0 Å². The lowest BCUT2D eigenvalue weighted by Crippen LogP contribution is -2.32. The Morgan fingerprint density at radius 3 is 2.50 bits per heavy atom.